The summed E-state index contributed by atoms with van der Waals surface area (Å²) in [6.07, 6.45) is 0. The molecule has 0 spiro atoms. The summed E-state index contributed by atoms with van der Waals surface area (Å²) in [5.74, 6) is 0.409. The minimum absolute atomic E-state index is 0.160. The van der Waals surface area contributed by atoms with Gasteiger partial charge in [0, 0.05) is 17.6 Å². The monoisotopic (exact) mass is 237 g/mol. The second-order valence-corrected chi connectivity index (χ2v) is 4.47. The predicted molar refractivity (Wildman–Crippen MR) is 67.5 cm³/mol. The van der Waals surface area contributed by atoms with Gasteiger partial charge in [0.1, 0.15) is 6.07 Å². The molecule has 1 atom stereocenters. The zero-order valence-corrected chi connectivity index (χ0v) is 10.3. The number of nitriles is 1. The van der Waals surface area contributed by atoms with Crippen LogP contribution in [-0.4, -0.2) is 12.6 Å². The van der Waals surface area contributed by atoms with Crippen LogP contribution >= 0.6 is 11.6 Å². The van der Waals surface area contributed by atoms with Crippen LogP contribution in [0.15, 0.2) is 18.2 Å². The standard InChI is InChI=1S/C12H16ClN3/c1-8(2)12(7-15)16-11-4-3-10(13)5-9(11)6-14/h3-5,8,12,16H,7,15H2,1-2H3. The van der Waals surface area contributed by atoms with Crippen molar-refractivity contribution in [2.24, 2.45) is 11.7 Å². The molecule has 3 N–H and O–H groups in total. The lowest BCUT2D eigenvalue weighted by Gasteiger charge is -2.22. The first-order valence-electron chi connectivity index (χ1n) is 5.24. The van der Waals surface area contributed by atoms with Gasteiger partial charge in [-0.2, -0.15) is 5.26 Å². The molecule has 0 saturated heterocycles. The molecule has 1 aromatic carbocycles. The highest BCUT2D eigenvalue weighted by atomic mass is 35.5. The lowest BCUT2D eigenvalue weighted by atomic mass is 10.0. The zero-order chi connectivity index (χ0) is 12.1. The lowest BCUT2D eigenvalue weighted by molar-refractivity contribution is 0.531. The lowest BCUT2D eigenvalue weighted by Crippen LogP contribution is -2.33. The highest BCUT2D eigenvalue weighted by Gasteiger charge is 2.12. The summed E-state index contributed by atoms with van der Waals surface area (Å²) in [5.41, 5.74) is 7.01. The largest absolute Gasteiger partial charge is 0.380 e. The second kappa shape index (κ2) is 5.74. The first-order chi connectivity index (χ1) is 7.58. The van der Waals surface area contributed by atoms with Crippen LogP contribution in [0.1, 0.15) is 19.4 Å². The highest BCUT2D eigenvalue weighted by molar-refractivity contribution is 6.30. The number of nitrogens with one attached hydrogen (secondary N) is 1. The van der Waals surface area contributed by atoms with Gasteiger partial charge in [0.05, 0.1) is 11.3 Å². The number of rotatable bonds is 4. The Balaban J connectivity index is 2.92. The molecule has 0 fully saturated rings. The smallest absolute Gasteiger partial charge is 0.101 e. The van der Waals surface area contributed by atoms with Gasteiger partial charge >= 0.3 is 0 Å². The number of anilines is 1. The van der Waals surface area contributed by atoms with E-state index < -0.39 is 0 Å². The predicted octanol–water partition coefficient (Wildman–Crippen LogP) is 2.61. The molecule has 0 aliphatic heterocycles. The fourth-order valence-electron chi connectivity index (χ4n) is 1.43. The number of hydrogen-bond donors (Lipinski definition) is 2. The van der Waals surface area contributed by atoms with Gasteiger partial charge in [-0.25, -0.2) is 0 Å². The molecule has 86 valence electrons. The maximum atomic E-state index is 8.99. The molecular formula is C12H16ClN3. The minimum Gasteiger partial charge on any atom is -0.380 e. The molecular weight excluding hydrogens is 222 g/mol. The maximum absolute atomic E-state index is 8.99. The van der Waals surface area contributed by atoms with E-state index in [0.29, 0.717) is 23.0 Å². The van der Waals surface area contributed by atoms with Crippen LogP contribution in [0, 0.1) is 17.2 Å². The Morgan fingerprint density at radius 3 is 2.69 bits per heavy atom. The molecule has 0 aliphatic rings. The summed E-state index contributed by atoms with van der Waals surface area (Å²) < 4.78 is 0. The summed E-state index contributed by atoms with van der Waals surface area (Å²) in [6.45, 7) is 4.71. The molecule has 4 heteroatoms. The maximum Gasteiger partial charge on any atom is 0.101 e. The summed E-state index contributed by atoms with van der Waals surface area (Å²) in [6, 6.07) is 7.50. The van der Waals surface area contributed by atoms with Crippen molar-refractivity contribution in [2.75, 3.05) is 11.9 Å². The van der Waals surface area contributed by atoms with Crippen molar-refractivity contribution < 1.29 is 0 Å². The Kier molecular flexibility index (Phi) is 4.60. The van der Waals surface area contributed by atoms with Crippen LogP contribution in [0.2, 0.25) is 5.02 Å². The molecule has 0 saturated carbocycles. The van der Waals surface area contributed by atoms with E-state index in [0.717, 1.165) is 5.69 Å². The zero-order valence-electron chi connectivity index (χ0n) is 9.50. The number of nitrogens with zero attached hydrogens (tertiary/aromatic N) is 1. The highest BCUT2D eigenvalue weighted by Crippen LogP contribution is 2.21. The van der Waals surface area contributed by atoms with Crippen LogP contribution < -0.4 is 11.1 Å². The number of nitrogens with two attached hydrogens (primary N) is 1. The van der Waals surface area contributed by atoms with Crippen molar-refractivity contribution in [1.29, 1.82) is 5.26 Å². The van der Waals surface area contributed by atoms with Crippen molar-refractivity contribution in [3.8, 4) is 6.07 Å². The average molecular weight is 238 g/mol. The fourth-order valence-corrected chi connectivity index (χ4v) is 1.60. The van der Waals surface area contributed by atoms with Crippen LogP contribution in [0.5, 0.6) is 0 Å². The summed E-state index contributed by atoms with van der Waals surface area (Å²) in [5, 5.41) is 12.8. The number of hydrogen-bond acceptors (Lipinski definition) is 3. The van der Waals surface area contributed by atoms with E-state index in [9.17, 15) is 0 Å². The van der Waals surface area contributed by atoms with Crippen LogP contribution in [-0.2, 0) is 0 Å². The summed E-state index contributed by atoms with van der Waals surface area (Å²) >= 11 is 5.82. The third kappa shape index (κ3) is 3.13. The molecule has 1 rings (SSSR count). The van der Waals surface area contributed by atoms with Crippen molar-refractivity contribution in [3.05, 3.63) is 28.8 Å². The quantitative estimate of drug-likeness (QED) is 0.846. The van der Waals surface area contributed by atoms with Gasteiger partial charge in [0.15, 0.2) is 0 Å². The Morgan fingerprint density at radius 2 is 2.19 bits per heavy atom. The molecule has 0 bridgehead atoms. The van der Waals surface area contributed by atoms with Gasteiger partial charge in [-0.3, -0.25) is 0 Å². The molecule has 0 aromatic heterocycles. The van der Waals surface area contributed by atoms with Gasteiger partial charge in [0.25, 0.3) is 0 Å². The van der Waals surface area contributed by atoms with Crippen molar-refractivity contribution in [2.45, 2.75) is 19.9 Å². The van der Waals surface area contributed by atoms with Crippen LogP contribution in [0.25, 0.3) is 0 Å². The molecule has 0 aliphatic carbocycles. The molecule has 1 unspecified atom stereocenters. The van der Waals surface area contributed by atoms with Crippen molar-refractivity contribution in [1.82, 2.24) is 0 Å². The number of halogens is 1. The third-order valence-corrected chi connectivity index (χ3v) is 2.74. The summed E-state index contributed by atoms with van der Waals surface area (Å²) in [7, 11) is 0. The molecule has 0 heterocycles. The average Bonchev–Trinajstić information content (AvgIpc) is 2.26. The van der Waals surface area contributed by atoms with E-state index >= 15 is 0 Å². The Morgan fingerprint density at radius 1 is 1.50 bits per heavy atom. The number of benzene rings is 1. The van der Waals surface area contributed by atoms with E-state index in [-0.39, 0.29) is 6.04 Å². The van der Waals surface area contributed by atoms with Gasteiger partial charge in [-0.15, -0.1) is 0 Å². The Labute approximate surface area is 101 Å². The minimum atomic E-state index is 0.160. The van der Waals surface area contributed by atoms with E-state index in [4.69, 9.17) is 22.6 Å². The first kappa shape index (κ1) is 12.8. The first-order valence-corrected chi connectivity index (χ1v) is 5.62. The fraction of sp³-hybridized carbons (Fsp3) is 0.417. The van der Waals surface area contributed by atoms with Gasteiger partial charge < -0.3 is 11.1 Å². The van der Waals surface area contributed by atoms with Crippen molar-refractivity contribution >= 4 is 17.3 Å². The molecule has 0 radical (unpaired) electrons. The normalized spacial score (nSPS) is 12.2. The Hall–Kier alpha value is -1.24. The molecule has 16 heavy (non-hydrogen) atoms. The third-order valence-electron chi connectivity index (χ3n) is 2.50. The van der Waals surface area contributed by atoms with E-state index in [1.807, 2.05) is 6.07 Å². The molecule has 0 amide bonds. The Bertz CT molecular complexity index is 396. The van der Waals surface area contributed by atoms with Gasteiger partial charge in [0.2, 0.25) is 0 Å². The van der Waals surface area contributed by atoms with Gasteiger partial charge in [-0.1, -0.05) is 25.4 Å². The van der Waals surface area contributed by atoms with E-state index in [2.05, 4.69) is 25.2 Å². The molecule has 3 nitrogen and oxygen atoms in total. The van der Waals surface area contributed by atoms with Crippen LogP contribution in [0.3, 0.4) is 0 Å². The van der Waals surface area contributed by atoms with Crippen molar-refractivity contribution in [3.63, 3.8) is 0 Å². The molecule has 1 aromatic rings. The van der Waals surface area contributed by atoms with E-state index in [1.54, 1.807) is 12.1 Å². The summed E-state index contributed by atoms with van der Waals surface area (Å²) in [4.78, 5) is 0. The second-order valence-electron chi connectivity index (χ2n) is 4.03. The van der Waals surface area contributed by atoms with Crippen LogP contribution in [0.4, 0.5) is 5.69 Å². The van der Waals surface area contributed by atoms with E-state index in [1.165, 1.54) is 0 Å². The topological polar surface area (TPSA) is 61.8 Å². The van der Waals surface area contributed by atoms with Gasteiger partial charge in [-0.05, 0) is 24.1 Å². The SMILES string of the molecule is CC(C)C(CN)Nc1ccc(Cl)cc1C#N.